The Labute approximate surface area is 231 Å². The summed E-state index contributed by atoms with van der Waals surface area (Å²) < 4.78 is 49.2. The maximum atomic E-state index is 14.3. The largest absolute Gasteiger partial charge is 0.469 e. The van der Waals surface area contributed by atoms with Crippen LogP contribution in [0, 0.1) is 11.8 Å². The molecule has 2 aromatic carbocycles. The molecule has 0 bridgehead atoms. The molecule has 10 heteroatoms. The first-order chi connectivity index (χ1) is 18.7. The fourth-order valence-corrected chi connectivity index (χ4v) is 6.12. The summed E-state index contributed by atoms with van der Waals surface area (Å²) in [5.74, 6) is -1.13. The van der Waals surface area contributed by atoms with Crippen molar-refractivity contribution in [3.8, 4) is 0 Å². The number of nitrogens with zero attached hydrogens (tertiary/aromatic N) is 2. The van der Waals surface area contributed by atoms with Crippen molar-refractivity contribution in [1.82, 2.24) is 14.9 Å². The second-order valence-electron chi connectivity index (χ2n) is 9.96. The Balaban J connectivity index is 1.46. The van der Waals surface area contributed by atoms with Crippen molar-refractivity contribution >= 4 is 49.5 Å². The van der Waals surface area contributed by atoms with Crippen molar-refractivity contribution in [1.29, 1.82) is 0 Å². The molecular formula is C29H27BrF3N3O3. The number of aromatic nitrogens is 2. The van der Waals surface area contributed by atoms with E-state index in [2.05, 4.69) is 26.2 Å². The predicted octanol–water partition coefficient (Wildman–Crippen LogP) is 6.73. The molecule has 39 heavy (non-hydrogen) atoms. The number of fused-ring (bicyclic) bond motifs is 2. The number of nitrogens with one attached hydrogen (secondary N) is 1. The van der Waals surface area contributed by atoms with E-state index >= 15 is 0 Å². The van der Waals surface area contributed by atoms with Gasteiger partial charge in [-0.2, -0.15) is 13.2 Å². The Kier molecular flexibility index (Phi) is 7.66. The van der Waals surface area contributed by atoms with Crippen LogP contribution in [-0.2, 0) is 22.3 Å². The third-order valence-electron chi connectivity index (χ3n) is 7.47. The third-order valence-corrected chi connectivity index (χ3v) is 8.09. The lowest BCUT2D eigenvalue weighted by molar-refractivity contribution is -0.146. The van der Waals surface area contributed by atoms with Crippen molar-refractivity contribution in [3.05, 3.63) is 76.2 Å². The van der Waals surface area contributed by atoms with Crippen LogP contribution in [0.1, 0.15) is 47.3 Å². The monoisotopic (exact) mass is 601 g/mol. The standard InChI is InChI=1S/C29H27BrF3N3O3/c1-39-28(38)18-8-6-17(7-9-18)14-35-27(37)24-25(29(31,32)33)23(30)13-20-10-11-36(26(20)24)16-22-12-19-4-2-3-5-21(19)15-34-22/h2-5,10-13,15,17-18H,6-9,14,16H2,1H3,(H,35,37). The number of alkyl halides is 3. The van der Waals surface area contributed by atoms with Gasteiger partial charge >= 0.3 is 12.1 Å². The van der Waals surface area contributed by atoms with E-state index in [0.29, 0.717) is 36.8 Å². The highest BCUT2D eigenvalue weighted by Crippen LogP contribution is 2.41. The van der Waals surface area contributed by atoms with Crippen LogP contribution in [0.25, 0.3) is 21.7 Å². The van der Waals surface area contributed by atoms with Crippen LogP contribution in [0.3, 0.4) is 0 Å². The molecule has 0 atom stereocenters. The smallest absolute Gasteiger partial charge is 0.418 e. The Morgan fingerprint density at radius 1 is 1.08 bits per heavy atom. The Bertz CT molecular complexity index is 1540. The summed E-state index contributed by atoms with van der Waals surface area (Å²) in [4.78, 5) is 29.8. The molecule has 204 valence electrons. The molecule has 1 aliphatic carbocycles. The molecular weight excluding hydrogens is 575 g/mol. The van der Waals surface area contributed by atoms with Crippen LogP contribution in [0.5, 0.6) is 0 Å². The van der Waals surface area contributed by atoms with Crippen LogP contribution in [0.2, 0.25) is 0 Å². The molecule has 4 aromatic rings. The topological polar surface area (TPSA) is 73.2 Å². The maximum Gasteiger partial charge on any atom is 0.418 e. The lowest BCUT2D eigenvalue weighted by Crippen LogP contribution is -2.34. The zero-order valence-corrected chi connectivity index (χ0v) is 22.8. The second kappa shape index (κ2) is 11.0. The molecule has 0 spiro atoms. The predicted molar refractivity (Wildman–Crippen MR) is 145 cm³/mol. The minimum Gasteiger partial charge on any atom is -0.469 e. The van der Waals surface area contributed by atoms with Crippen molar-refractivity contribution in [2.45, 2.75) is 38.4 Å². The number of carbonyl (C=O) groups is 2. The Morgan fingerprint density at radius 2 is 1.79 bits per heavy atom. The fraction of sp³-hybridized carbons (Fsp3) is 0.345. The number of esters is 1. The molecule has 0 unspecified atom stereocenters. The molecule has 2 heterocycles. The zero-order chi connectivity index (χ0) is 27.7. The van der Waals surface area contributed by atoms with Gasteiger partial charge in [0.15, 0.2) is 0 Å². The van der Waals surface area contributed by atoms with E-state index < -0.39 is 23.2 Å². The Morgan fingerprint density at radius 3 is 2.49 bits per heavy atom. The van der Waals surface area contributed by atoms with E-state index in [1.54, 1.807) is 23.0 Å². The summed E-state index contributed by atoms with van der Waals surface area (Å²) >= 11 is 3.06. The maximum absolute atomic E-state index is 14.3. The molecule has 5 rings (SSSR count). The number of halogens is 4. The van der Waals surface area contributed by atoms with Crippen molar-refractivity contribution < 1.29 is 27.5 Å². The van der Waals surface area contributed by atoms with E-state index in [4.69, 9.17) is 4.74 Å². The quantitative estimate of drug-likeness (QED) is 0.249. The molecule has 6 nitrogen and oxygen atoms in total. The van der Waals surface area contributed by atoms with Gasteiger partial charge in [-0.25, -0.2) is 0 Å². The highest BCUT2D eigenvalue weighted by atomic mass is 79.9. The van der Waals surface area contributed by atoms with Gasteiger partial charge < -0.3 is 14.6 Å². The molecule has 0 aliphatic heterocycles. The summed E-state index contributed by atoms with van der Waals surface area (Å²) in [6.45, 7) is 0.427. The highest BCUT2D eigenvalue weighted by Gasteiger charge is 2.40. The van der Waals surface area contributed by atoms with Crippen LogP contribution < -0.4 is 5.32 Å². The minimum atomic E-state index is -4.76. The molecule has 1 saturated carbocycles. The van der Waals surface area contributed by atoms with Gasteiger partial charge in [-0.15, -0.1) is 0 Å². The van der Waals surface area contributed by atoms with Gasteiger partial charge in [0.05, 0.1) is 41.9 Å². The normalized spacial score (nSPS) is 17.9. The molecule has 0 saturated heterocycles. The number of amides is 1. The van der Waals surface area contributed by atoms with Crippen LogP contribution in [0.15, 0.2) is 59.3 Å². The van der Waals surface area contributed by atoms with Gasteiger partial charge in [0.2, 0.25) is 0 Å². The first-order valence-electron chi connectivity index (χ1n) is 12.7. The van der Waals surface area contributed by atoms with E-state index in [0.717, 1.165) is 10.8 Å². The van der Waals surface area contributed by atoms with E-state index in [1.807, 2.05) is 30.3 Å². The zero-order valence-electron chi connectivity index (χ0n) is 21.2. The summed E-state index contributed by atoms with van der Waals surface area (Å²) in [6.07, 6.45) is 1.28. The molecule has 0 radical (unpaired) electrons. The molecule has 1 amide bonds. The number of methoxy groups -OCH3 is 1. The average molecular weight is 602 g/mol. The molecule has 1 aliphatic rings. The summed E-state index contributed by atoms with van der Waals surface area (Å²) in [6, 6.07) is 12.7. The molecule has 2 aromatic heterocycles. The lowest BCUT2D eigenvalue weighted by Gasteiger charge is -2.27. The fourth-order valence-electron chi connectivity index (χ4n) is 5.45. The van der Waals surface area contributed by atoms with E-state index in [9.17, 15) is 22.8 Å². The van der Waals surface area contributed by atoms with Crippen molar-refractivity contribution in [2.24, 2.45) is 11.8 Å². The van der Waals surface area contributed by atoms with E-state index in [1.165, 1.54) is 13.2 Å². The van der Waals surface area contributed by atoms with Crippen molar-refractivity contribution in [3.63, 3.8) is 0 Å². The second-order valence-corrected chi connectivity index (χ2v) is 10.8. The summed E-state index contributed by atoms with van der Waals surface area (Å²) in [7, 11) is 1.36. The SMILES string of the molecule is COC(=O)C1CCC(CNC(=O)c2c(C(F)(F)F)c(Br)cc3ccn(Cc4cc5ccccc5cn4)c23)CC1. The average Bonchev–Trinajstić information content (AvgIpc) is 3.31. The van der Waals surface area contributed by atoms with Gasteiger partial charge in [-0.1, -0.05) is 40.2 Å². The first-order valence-corrected chi connectivity index (χ1v) is 13.5. The number of benzene rings is 2. The molecule has 1 N–H and O–H groups in total. The van der Waals surface area contributed by atoms with Gasteiger partial charge in [-0.3, -0.25) is 14.6 Å². The number of pyridine rings is 1. The van der Waals surface area contributed by atoms with Crippen LogP contribution in [0.4, 0.5) is 13.2 Å². The van der Waals surface area contributed by atoms with Crippen LogP contribution >= 0.6 is 15.9 Å². The molecule has 1 fully saturated rings. The highest BCUT2D eigenvalue weighted by molar-refractivity contribution is 9.10. The summed E-state index contributed by atoms with van der Waals surface area (Å²) in [5.41, 5.74) is -0.557. The number of rotatable bonds is 6. The first kappa shape index (κ1) is 27.2. The van der Waals surface area contributed by atoms with Gasteiger partial charge in [0.25, 0.3) is 5.91 Å². The van der Waals surface area contributed by atoms with Gasteiger partial charge in [0, 0.05) is 34.2 Å². The number of carbonyl (C=O) groups excluding carboxylic acids is 2. The van der Waals surface area contributed by atoms with Crippen molar-refractivity contribution in [2.75, 3.05) is 13.7 Å². The van der Waals surface area contributed by atoms with Crippen LogP contribution in [-0.4, -0.2) is 35.1 Å². The van der Waals surface area contributed by atoms with Gasteiger partial charge in [-0.05, 0) is 55.2 Å². The number of hydrogen-bond acceptors (Lipinski definition) is 4. The number of ether oxygens (including phenoxy) is 1. The summed E-state index contributed by atoms with van der Waals surface area (Å²) in [5, 5.41) is 5.20. The van der Waals surface area contributed by atoms with Gasteiger partial charge in [0.1, 0.15) is 0 Å². The lowest BCUT2D eigenvalue weighted by atomic mass is 9.82. The Hall–Kier alpha value is -3.40. The third kappa shape index (κ3) is 5.66. The minimum absolute atomic E-state index is 0.0698. The van der Waals surface area contributed by atoms with E-state index in [-0.39, 0.29) is 40.9 Å². The number of hydrogen-bond donors (Lipinski definition) is 1.